The van der Waals surface area contributed by atoms with Crippen molar-refractivity contribution < 1.29 is 105 Å². The third-order valence-corrected chi connectivity index (χ3v) is 31.5. The summed E-state index contributed by atoms with van der Waals surface area (Å²) in [5, 5.41) is 77.4. The van der Waals surface area contributed by atoms with Crippen LogP contribution in [0.4, 0.5) is 58.2 Å². The van der Waals surface area contributed by atoms with Crippen LogP contribution in [0.25, 0.3) is 0 Å². The number of unbranched alkanes of at least 4 members (excludes halogenated alkanes) is 6. The van der Waals surface area contributed by atoms with E-state index >= 15 is 0 Å². The van der Waals surface area contributed by atoms with Crippen molar-refractivity contribution in [3.63, 3.8) is 0 Å². The van der Waals surface area contributed by atoms with Gasteiger partial charge in [0.2, 0.25) is 0 Å². The van der Waals surface area contributed by atoms with Crippen LogP contribution in [0.2, 0.25) is 68.2 Å². The number of hydrogen-bond donors (Lipinski definition) is 0. The zero-order valence-electron chi connectivity index (χ0n) is 71.8. The van der Waals surface area contributed by atoms with E-state index in [9.17, 15) is 0 Å². The molecule has 5 radical (unpaired) electrons. The van der Waals surface area contributed by atoms with Gasteiger partial charge in [0.15, 0.2) is 49.2 Å². The van der Waals surface area contributed by atoms with Gasteiger partial charge in [-0.1, -0.05) is 239 Å². The summed E-state index contributed by atoms with van der Waals surface area (Å²) in [6.45, 7) is 43.0. The second-order valence-electron chi connectivity index (χ2n) is 29.7. The maximum absolute atomic E-state index is 4.11. The van der Waals surface area contributed by atoms with Crippen LogP contribution >= 0.6 is 0 Å². The second kappa shape index (κ2) is 53.2. The molecule has 5 saturated heterocycles. The SMILES string of the molecule is CB1N(c2ccccc2)[SiH]N(c2nnn[n-]2)B(C)N1C(C)C.CCCCCCN1B(C)N(c2ccccc2)[SiH]N(c2nnn[n-]2)B1C.CCCCCN1B(C)N(c2ccccc2)[SiH]N(c2nnn[n-]2)B1C.CCCCN1B(C)N(c2ccccc2)[SiH]N(c2nnn[n-]2)B1C.CCCN1B(C)N(c2ccccc2)[SiH]N(c2nnn[n-]2)B1C.[Pt].[Pt].[Pt].[Pt].[Pt]. The zero-order valence-corrected chi connectivity index (χ0v) is 88.9. The Labute approximate surface area is 804 Å². The van der Waals surface area contributed by atoms with E-state index in [1.54, 1.807) is 0 Å². The Balaban J connectivity index is 0.000000232. The number of para-hydroxylation sites is 5. The normalized spacial score (nSPS) is 15.6. The first-order chi connectivity index (χ1) is 56.5. The van der Waals surface area contributed by atoms with Gasteiger partial charge in [-0.15, -0.1) is 26.1 Å². The molecule has 121 heavy (non-hydrogen) atoms. The van der Waals surface area contributed by atoms with Crippen molar-refractivity contribution in [2.24, 2.45) is 0 Å². The number of anilines is 10. The fourth-order valence-electron chi connectivity index (χ4n) is 15.7. The van der Waals surface area contributed by atoms with Crippen LogP contribution < -0.4 is 70.3 Å². The molecule has 651 valence electrons. The van der Waals surface area contributed by atoms with Crippen molar-refractivity contribution in [2.75, 3.05) is 70.9 Å². The maximum atomic E-state index is 4.11. The van der Waals surface area contributed by atoms with Crippen LogP contribution in [0.15, 0.2) is 152 Å². The van der Waals surface area contributed by atoms with E-state index in [2.05, 4.69) is 421 Å². The molecule has 10 aromatic rings. The first kappa shape index (κ1) is 104. The molecule has 5 aromatic heterocycles. The molecule has 15 rings (SSSR count). The molecule has 0 saturated carbocycles. The van der Waals surface area contributed by atoms with Crippen molar-refractivity contribution >= 4 is 177 Å². The van der Waals surface area contributed by atoms with E-state index in [1.807, 2.05) is 12.1 Å². The van der Waals surface area contributed by atoms with Crippen molar-refractivity contribution in [1.29, 1.82) is 0 Å². The number of aromatic nitrogens is 20. The van der Waals surface area contributed by atoms with E-state index in [4.69, 9.17) is 0 Å². The molecule has 0 bridgehead atoms. The molecule has 0 N–H and O–H groups in total. The molecule has 0 amide bonds. The van der Waals surface area contributed by atoms with Crippen molar-refractivity contribution in [3.8, 4) is 0 Å². The van der Waals surface area contributed by atoms with Crippen molar-refractivity contribution in [3.05, 3.63) is 152 Å². The molecule has 5 aliphatic heterocycles. The Kier molecular flexibility index (Phi) is 45.8. The summed E-state index contributed by atoms with van der Waals surface area (Å²) in [6, 6.07) is 53.2. The second-order valence-corrected chi connectivity index (χ2v) is 36.4. The molecular formula is C66H107B10N35Pt5Si5-5. The fraction of sp³-hybridized carbons (Fsp3) is 0.470. The summed E-state index contributed by atoms with van der Waals surface area (Å²) in [4.78, 5) is 0. The predicted octanol–water partition coefficient (Wildman–Crippen LogP) is 4.18. The van der Waals surface area contributed by atoms with E-state index < -0.39 is 0 Å². The standard InChI is InChI=1S/C15H25B2N7Si.C14H23B2N7Si.C13H21B2N7Si.2C12H19B2N7Si.5Pt/c1-4-5-6-10-13-22-16(2)23(14-11-8-7-9-12-14)25-24(17(22)3)15-18-20-21-19-15;1-4-5-9-12-21-15(2)22(13-10-7-6-8-11-13)24-23(16(21)3)14-17-19-20-18-14;1-4-5-11-20-14(2)21(12-9-7-6-8-10-12)23-22(15(20)3)13-16-18-19-17-13;1-10(2)19-13(3)20(11-8-6-5-7-9-11)22-21(14(19)4)12-15-17-18-16-12;1-4-10-19-13(2)20(11-8-6-5-7-9-11)22-21(14(19)3)12-15-17-18-16-12;;;;;/h7-9,11-12,25H,4-6,10,13H2,1-3H3;6-8,10-11,24H,4-5,9,12H2,1-3H3;6-10,23H,4-5,11H2,1-3H3;5-10,22H,1-4H3;5-9,22H,4,10H2,1-3H3;;;;;/q5*-1;;;;;. The molecule has 0 aliphatic carbocycles. The number of tetrazole rings is 5. The molecule has 5 aromatic carbocycles. The first-order valence-electron chi connectivity index (χ1n) is 41.1. The van der Waals surface area contributed by atoms with Crippen LogP contribution in [-0.4, -0.2) is 252 Å². The average molecular weight is 2610 g/mol. The molecule has 5 fully saturated rings. The largest absolute Gasteiger partial charge is 0.427 e. The molecule has 35 nitrogen and oxygen atoms in total. The monoisotopic (exact) mass is 2610 g/mol. The predicted molar refractivity (Wildman–Crippen MR) is 487 cm³/mol. The average Bonchev–Trinajstić information content (AvgIpc) is 1.79. The summed E-state index contributed by atoms with van der Waals surface area (Å²) in [5.74, 6) is 3.12. The van der Waals surface area contributed by atoms with E-state index in [1.165, 1.54) is 86.2 Å². The van der Waals surface area contributed by atoms with E-state index in [-0.39, 0.29) is 189 Å². The quantitative estimate of drug-likeness (QED) is 0.0572. The zero-order chi connectivity index (χ0) is 82.0. The summed E-state index contributed by atoms with van der Waals surface area (Å²) in [5.41, 5.74) is 6.18. The van der Waals surface area contributed by atoms with Gasteiger partial charge in [-0.05, 0) is 119 Å². The summed E-state index contributed by atoms with van der Waals surface area (Å²) in [7, 11) is -0.848. The Hall–Kier alpha value is -5.57. The Morgan fingerprint density at radius 3 is 0.694 bits per heavy atom. The topological polar surface area (TPSA) is 312 Å². The number of benzene rings is 5. The van der Waals surface area contributed by atoms with E-state index in [0.717, 1.165) is 32.6 Å². The van der Waals surface area contributed by atoms with Gasteiger partial charge in [0.1, 0.15) is 0 Å². The number of nitrogens with zero attached hydrogens (tertiary/aromatic N) is 35. The summed E-state index contributed by atoms with van der Waals surface area (Å²) in [6.07, 6.45) is 12.2. The van der Waals surface area contributed by atoms with Crippen molar-refractivity contribution in [1.82, 2.24) is 127 Å². The molecule has 10 heterocycles. The van der Waals surface area contributed by atoms with Crippen LogP contribution in [0.5, 0.6) is 0 Å². The third kappa shape index (κ3) is 27.0. The first-order valence-corrected chi connectivity index (χ1v) is 46.2. The van der Waals surface area contributed by atoms with Gasteiger partial charge in [-0.25, -0.2) is 25.5 Å². The minimum Gasteiger partial charge on any atom is -0.427 e. The minimum absolute atomic E-state index is 0. The Bertz CT molecular complexity index is 4320. The molecule has 5 aliphatic rings. The molecule has 0 unspecified atom stereocenters. The Morgan fingerprint density at radius 2 is 0.463 bits per heavy atom. The minimum atomic E-state index is -0.177. The van der Waals surface area contributed by atoms with Gasteiger partial charge in [0.25, 0.3) is 34.9 Å². The Morgan fingerprint density at radius 1 is 0.256 bits per heavy atom. The molecule has 0 atom stereocenters. The van der Waals surface area contributed by atoms with Gasteiger partial charge in [-0.3, -0.25) is 25.5 Å². The van der Waals surface area contributed by atoms with Crippen LogP contribution in [-0.2, 0) is 105 Å². The van der Waals surface area contributed by atoms with Gasteiger partial charge in [-0.2, -0.15) is 26.1 Å². The maximum Gasteiger partial charge on any atom is 0.320 e. The smallest absolute Gasteiger partial charge is 0.320 e. The molecular weight excluding hydrogens is 2510 g/mol. The number of hydrogen-bond acceptors (Lipinski definition) is 30. The van der Waals surface area contributed by atoms with Gasteiger partial charge < -0.3 is 68.4 Å². The van der Waals surface area contributed by atoms with Crippen LogP contribution in [0, 0.1) is 0 Å². The fourth-order valence-corrected chi connectivity index (χ4v) is 23.2. The van der Waals surface area contributed by atoms with Gasteiger partial charge in [0.05, 0.1) is 29.7 Å². The van der Waals surface area contributed by atoms with Gasteiger partial charge in [0, 0.05) is 134 Å². The summed E-state index contributed by atoms with van der Waals surface area (Å²) < 4.78 is 35.9. The van der Waals surface area contributed by atoms with Crippen LogP contribution in [0.1, 0.15) is 106 Å². The number of rotatable bonds is 25. The molecule has 0 spiro atoms. The van der Waals surface area contributed by atoms with Crippen LogP contribution in [0.3, 0.4) is 0 Å². The molecule has 55 heteroatoms. The third-order valence-electron chi connectivity index (χ3n) is 22.1. The summed E-state index contributed by atoms with van der Waals surface area (Å²) >= 11 is 0. The van der Waals surface area contributed by atoms with Gasteiger partial charge >= 0.3 is 34.9 Å². The van der Waals surface area contributed by atoms with E-state index in [0.29, 0.717) is 70.7 Å². The van der Waals surface area contributed by atoms with Crippen molar-refractivity contribution in [2.45, 2.75) is 180 Å².